The van der Waals surface area contributed by atoms with Crippen molar-refractivity contribution < 1.29 is 19.0 Å². The number of carbonyl (C=O) groups is 1. The number of nitriles is 1. The average molecular weight is 261 g/mol. The summed E-state index contributed by atoms with van der Waals surface area (Å²) in [5, 5.41) is 8.52. The summed E-state index contributed by atoms with van der Waals surface area (Å²) < 4.78 is 15.0. The zero-order valence-electron chi connectivity index (χ0n) is 11.0. The summed E-state index contributed by atoms with van der Waals surface area (Å²) in [4.78, 5) is 11.4. The van der Waals surface area contributed by atoms with Crippen LogP contribution >= 0.6 is 0 Å². The number of carbonyl (C=O) groups excluding carboxylic acids is 1. The maximum atomic E-state index is 11.4. The van der Waals surface area contributed by atoms with Gasteiger partial charge in [0.25, 0.3) is 0 Å². The van der Waals surface area contributed by atoms with Crippen LogP contribution in [0.1, 0.15) is 12.5 Å². The Morgan fingerprint density at radius 2 is 2.11 bits per heavy atom. The Balaban J connectivity index is 2.82. The quantitative estimate of drug-likeness (QED) is 0.600. The summed E-state index contributed by atoms with van der Waals surface area (Å²) in [5.74, 6) is 0.665. The molecule has 1 aromatic rings. The summed E-state index contributed by atoms with van der Waals surface area (Å²) >= 11 is 0. The molecule has 0 aromatic heterocycles. The maximum absolute atomic E-state index is 11.4. The van der Waals surface area contributed by atoms with Gasteiger partial charge in [-0.3, -0.25) is 0 Å². The molecule has 0 unspecified atom stereocenters. The molecule has 0 saturated heterocycles. The Hall–Kier alpha value is -2.48. The van der Waals surface area contributed by atoms with Crippen molar-refractivity contribution in [3.63, 3.8) is 0 Å². The average Bonchev–Trinajstić information content (AvgIpc) is 2.44. The zero-order chi connectivity index (χ0) is 14.3. The van der Waals surface area contributed by atoms with Gasteiger partial charge in [0.15, 0.2) is 6.10 Å². The van der Waals surface area contributed by atoms with Crippen molar-refractivity contribution in [1.29, 1.82) is 5.26 Å². The molecule has 0 fully saturated rings. The molecule has 1 atom stereocenters. The van der Waals surface area contributed by atoms with Crippen LogP contribution < -0.4 is 9.47 Å². The van der Waals surface area contributed by atoms with Gasteiger partial charge >= 0.3 is 5.97 Å². The molecule has 1 rings (SSSR count). The van der Waals surface area contributed by atoms with E-state index in [1.54, 1.807) is 31.4 Å². The Bertz CT molecular complexity index is 517. The van der Waals surface area contributed by atoms with Crippen molar-refractivity contribution in [2.75, 3.05) is 14.2 Å². The molecule has 0 bridgehead atoms. The van der Waals surface area contributed by atoms with E-state index >= 15 is 0 Å². The lowest BCUT2D eigenvalue weighted by molar-refractivity contribution is -0.139. The first-order valence-corrected chi connectivity index (χ1v) is 5.61. The number of rotatable bonds is 5. The zero-order valence-corrected chi connectivity index (χ0v) is 11.0. The highest BCUT2D eigenvalue weighted by atomic mass is 16.5. The number of ether oxygens (including phenoxy) is 3. The third kappa shape index (κ3) is 4.36. The van der Waals surface area contributed by atoms with Crippen molar-refractivity contribution in [2.45, 2.75) is 13.0 Å². The minimum Gasteiger partial charge on any atom is -0.497 e. The van der Waals surface area contributed by atoms with Crippen molar-refractivity contribution in [2.24, 2.45) is 0 Å². The summed E-state index contributed by atoms with van der Waals surface area (Å²) in [6.45, 7) is 1.50. The molecule has 100 valence electrons. The molecule has 5 heteroatoms. The number of hydrogen-bond acceptors (Lipinski definition) is 5. The monoisotopic (exact) mass is 261 g/mol. The second-order valence-corrected chi connectivity index (χ2v) is 3.65. The minimum atomic E-state index is -0.769. The molecular formula is C14H15NO4. The van der Waals surface area contributed by atoms with E-state index in [9.17, 15) is 4.79 Å². The second kappa shape index (κ2) is 7.07. The van der Waals surface area contributed by atoms with Gasteiger partial charge in [0.1, 0.15) is 17.6 Å². The lowest BCUT2D eigenvalue weighted by Gasteiger charge is -2.07. The van der Waals surface area contributed by atoms with Crippen LogP contribution in [-0.2, 0) is 9.53 Å². The summed E-state index contributed by atoms with van der Waals surface area (Å²) in [6, 6.07) is 7.04. The largest absolute Gasteiger partial charge is 0.497 e. The van der Waals surface area contributed by atoms with Crippen LogP contribution in [0.3, 0.4) is 0 Å². The van der Waals surface area contributed by atoms with Gasteiger partial charge in [-0.2, -0.15) is 5.26 Å². The summed E-state index contributed by atoms with van der Waals surface area (Å²) in [7, 11) is 3.09. The van der Waals surface area contributed by atoms with Gasteiger partial charge in [0.2, 0.25) is 0 Å². The van der Waals surface area contributed by atoms with Crippen LogP contribution in [0.15, 0.2) is 24.3 Å². The van der Waals surface area contributed by atoms with Crippen LogP contribution in [0.5, 0.6) is 11.5 Å². The van der Waals surface area contributed by atoms with E-state index in [4.69, 9.17) is 19.5 Å². The number of methoxy groups -OCH3 is 2. The van der Waals surface area contributed by atoms with Gasteiger partial charge in [0, 0.05) is 17.7 Å². The first kappa shape index (κ1) is 14.6. The minimum absolute atomic E-state index is 0.577. The molecule has 0 aliphatic heterocycles. The van der Waals surface area contributed by atoms with E-state index in [-0.39, 0.29) is 0 Å². The molecule has 0 radical (unpaired) electrons. The van der Waals surface area contributed by atoms with Crippen molar-refractivity contribution in [3.05, 3.63) is 29.8 Å². The van der Waals surface area contributed by atoms with Crippen LogP contribution in [-0.4, -0.2) is 26.3 Å². The SMILES string of the molecule is COc1ccc(/C=C/C(=O)O[C@@H](C)C#N)c(OC)c1. The van der Waals surface area contributed by atoms with Crippen molar-refractivity contribution in [1.82, 2.24) is 0 Å². The van der Waals surface area contributed by atoms with Crippen molar-refractivity contribution >= 4 is 12.0 Å². The van der Waals surface area contributed by atoms with E-state index in [0.717, 1.165) is 0 Å². The van der Waals surface area contributed by atoms with Gasteiger partial charge in [-0.25, -0.2) is 4.79 Å². The van der Waals surface area contributed by atoms with Gasteiger partial charge < -0.3 is 14.2 Å². The molecule has 0 N–H and O–H groups in total. The fraction of sp³-hybridized carbons (Fsp3) is 0.286. The predicted molar refractivity (Wildman–Crippen MR) is 69.7 cm³/mol. The first-order chi connectivity index (χ1) is 9.10. The van der Waals surface area contributed by atoms with E-state index in [0.29, 0.717) is 17.1 Å². The Morgan fingerprint density at radius 1 is 1.37 bits per heavy atom. The lowest BCUT2D eigenvalue weighted by atomic mass is 10.2. The molecule has 5 nitrogen and oxygen atoms in total. The molecule has 0 aliphatic rings. The van der Waals surface area contributed by atoms with E-state index < -0.39 is 12.1 Å². The van der Waals surface area contributed by atoms with Gasteiger partial charge in [-0.05, 0) is 25.1 Å². The highest BCUT2D eigenvalue weighted by molar-refractivity contribution is 5.87. The van der Waals surface area contributed by atoms with Crippen LogP contribution in [0, 0.1) is 11.3 Å². The first-order valence-electron chi connectivity index (χ1n) is 5.61. The number of benzene rings is 1. The van der Waals surface area contributed by atoms with E-state index in [1.807, 2.05) is 6.07 Å². The summed E-state index contributed by atoms with van der Waals surface area (Å²) in [6.07, 6.45) is 2.04. The molecule has 0 aliphatic carbocycles. The Morgan fingerprint density at radius 3 is 2.68 bits per heavy atom. The number of hydrogen-bond donors (Lipinski definition) is 0. The molecule has 19 heavy (non-hydrogen) atoms. The maximum Gasteiger partial charge on any atom is 0.332 e. The fourth-order valence-corrected chi connectivity index (χ4v) is 1.35. The molecule has 0 saturated carbocycles. The third-order valence-corrected chi connectivity index (χ3v) is 2.31. The smallest absolute Gasteiger partial charge is 0.332 e. The van der Waals surface area contributed by atoms with Crippen LogP contribution in [0.4, 0.5) is 0 Å². The molecule has 0 spiro atoms. The Labute approximate surface area is 112 Å². The Kier molecular flexibility index (Phi) is 5.42. The fourth-order valence-electron chi connectivity index (χ4n) is 1.35. The van der Waals surface area contributed by atoms with E-state index in [1.165, 1.54) is 20.1 Å². The molecule has 0 heterocycles. The normalized spacial score (nSPS) is 11.7. The van der Waals surface area contributed by atoms with Gasteiger partial charge in [-0.15, -0.1) is 0 Å². The highest BCUT2D eigenvalue weighted by Crippen LogP contribution is 2.25. The van der Waals surface area contributed by atoms with Crippen LogP contribution in [0.25, 0.3) is 6.08 Å². The number of esters is 1. The third-order valence-electron chi connectivity index (χ3n) is 2.31. The number of nitrogens with zero attached hydrogens (tertiary/aromatic N) is 1. The molecule has 1 aromatic carbocycles. The topological polar surface area (TPSA) is 68.5 Å². The van der Waals surface area contributed by atoms with Crippen LogP contribution in [0.2, 0.25) is 0 Å². The molecule has 0 amide bonds. The summed E-state index contributed by atoms with van der Waals surface area (Å²) in [5.41, 5.74) is 0.713. The molecular weight excluding hydrogens is 246 g/mol. The highest BCUT2D eigenvalue weighted by Gasteiger charge is 2.06. The predicted octanol–water partition coefficient (Wildman–Crippen LogP) is 2.17. The lowest BCUT2D eigenvalue weighted by Crippen LogP contribution is -2.10. The van der Waals surface area contributed by atoms with Crippen molar-refractivity contribution in [3.8, 4) is 17.6 Å². The van der Waals surface area contributed by atoms with Gasteiger partial charge in [0.05, 0.1) is 14.2 Å². The standard InChI is InChI=1S/C14H15NO4/c1-10(9-15)19-14(16)7-5-11-4-6-12(17-2)8-13(11)18-3/h4-8,10H,1-3H3/b7-5+/t10-/m0/s1. The van der Waals surface area contributed by atoms with Gasteiger partial charge in [-0.1, -0.05) is 0 Å². The van der Waals surface area contributed by atoms with E-state index in [2.05, 4.69) is 0 Å². The second-order valence-electron chi connectivity index (χ2n) is 3.65.